The first-order chi connectivity index (χ1) is 11.0. The maximum absolute atomic E-state index is 12.7. The Balaban J connectivity index is 1.81. The number of para-hydroxylation sites is 1. The van der Waals surface area contributed by atoms with Gasteiger partial charge in [-0.1, -0.05) is 23.5 Å². The zero-order valence-electron chi connectivity index (χ0n) is 13.2. The summed E-state index contributed by atoms with van der Waals surface area (Å²) in [6.45, 7) is 5.43. The predicted octanol–water partition coefficient (Wildman–Crippen LogP) is 1.31. The maximum atomic E-state index is 12.7. The molecule has 0 spiro atoms. The number of carbonyl (C=O) groups excluding carboxylic acids is 2. The van der Waals surface area contributed by atoms with Gasteiger partial charge in [0, 0.05) is 33.1 Å². The van der Waals surface area contributed by atoms with Gasteiger partial charge < -0.3 is 9.80 Å². The predicted molar refractivity (Wildman–Crippen MR) is 89.6 cm³/mol. The summed E-state index contributed by atoms with van der Waals surface area (Å²) in [4.78, 5) is 39.7. The number of fused-ring (bicyclic) bond motifs is 1. The molecule has 122 valence electrons. The number of amides is 2. The summed E-state index contributed by atoms with van der Waals surface area (Å²) in [6.07, 6.45) is 0. The Labute approximate surface area is 137 Å². The molecule has 6 nitrogen and oxygen atoms in total. The molecule has 2 aromatic rings. The molecule has 23 heavy (non-hydrogen) atoms. The lowest BCUT2D eigenvalue weighted by atomic mass is 10.2. The van der Waals surface area contributed by atoms with E-state index < -0.39 is 6.04 Å². The van der Waals surface area contributed by atoms with E-state index in [1.807, 2.05) is 24.3 Å². The molecular formula is C16H19N3O3S. The van der Waals surface area contributed by atoms with E-state index in [0.29, 0.717) is 26.2 Å². The van der Waals surface area contributed by atoms with Crippen LogP contribution in [0.15, 0.2) is 29.1 Å². The van der Waals surface area contributed by atoms with Crippen molar-refractivity contribution < 1.29 is 9.59 Å². The molecule has 0 aliphatic carbocycles. The molecule has 0 N–H and O–H groups in total. The van der Waals surface area contributed by atoms with Crippen molar-refractivity contribution in [2.75, 3.05) is 26.2 Å². The van der Waals surface area contributed by atoms with Crippen molar-refractivity contribution >= 4 is 33.4 Å². The van der Waals surface area contributed by atoms with Gasteiger partial charge in [0.2, 0.25) is 11.8 Å². The van der Waals surface area contributed by atoms with Crippen molar-refractivity contribution in [3.05, 3.63) is 33.9 Å². The standard InChI is InChI=1S/C16H19N3O3S/c1-11(15(21)18-9-7-17(8-10-18)12(2)20)19-13-5-3-4-6-14(13)23-16(19)22/h3-6,11H,7-10H2,1-2H3/t11-/m0/s1. The Bertz CT molecular complexity index is 802. The molecule has 0 saturated carbocycles. The van der Waals surface area contributed by atoms with Gasteiger partial charge in [0.1, 0.15) is 6.04 Å². The average molecular weight is 333 g/mol. The summed E-state index contributed by atoms with van der Waals surface area (Å²) in [5, 5.41) is 0. The van der Waals surface area contributed by atoms with Crippen LogP contribution in [0.5, 0.6) is 0 Å². The van der Waals surface area contributed by atoms with Crippen LogP contribution in [0.25, 0.3) is 10.2 Å². The van der Waals surface area contributed by atoms with E-state index in [1.54, 1.807) is 21.3 Å². The third kappa shape index (κ3) is 2.88. The van der Waals surface area contributed by atoms with Crippen molar-refractivity contribution in [2.45, 2.75) is 19.9 Å². The molecule has 0 radical (unpaired) electrons. The number of hydrogen-bond acceptors (Lipinski definition) is 4. The van der Waals surface area contributed by atoms with Crippen LogP contribution in [-0.2, 0) is 9.59 Å². The first kappa shape index (κ1) is 15.7. The highest BCUT2D eigenvalue weighted by Gasteiger charge is 2.28. The largest absolute Gasteiger partial charge is 0.339 e. The minimum absolute atomic E-state index is 0.0326. The van der Waals surface area contributed by atoms with Crippen molar-refractivity contribution in [1.29, 1.82) is 0 Å². The van der Waals surface area contributed by atoms with E-state index in [2.05, 4.69) is 0 Å². The molecule has 1 fully saturated rings. The van der Waals surface area contributed by atoms with Crippen LogP contribution >= 0.6 is 11.3 Å². The number of aromatic nitrogens is 1. The highest BCUT2D eigenvalue weighted by Crippen LogP contribution is 2.21. The molecule has 7 heteroatoms. The highest BCUT2D eigenvalue weighted by molar-refractivity contribution is 7.16. The molecule has 0 bridgehead atoms. The smallest absolute Gasteiger partial charge is 0.308 e. The fourth-order valence-corrected chi connectivity index (χ4v) is 3.93. The Morgan fingerprint density at radius 2 is 1.70 bits per heavy atom. The maximum Gasteiger partial charge on any atom is 0.308 e. The van der Waals surface area contributed by atoms with E-state index in [9.17, 15) is 14.4 Å². The van der Waals surface area contributed by atoms with Gasteiger partial charge in [-0.25, -0.2) is 0 Å². The van der Waals surface area contributed by atoms with Gasteiger partial charge in [0.25, 0.3) is 0 Å². The monoisotopic (exact) mass is 333 g/mol. The first-order valence-corrected chi connectivity index (χ1v) is 8.45. The highest BCUT2D eigenvalue weighted by atomic mass is 32.1. The Kier molecular flexibility index (Phi) is 4.21. The number of nitrogens with zero attached hydrogens (tertiary/aromatic N) is 3. The van der Waals surface area contributed by atoms with E-state index in [0.717, 1.165) is 21.6 Å². The van der Waals surface area contributed by atoms with Gasteiger partial charge in [0.15, 0.2) is 0 Å². The molecule has 3 rings (SSSR count). The zero-order valence-corrected chi connectivity index (χ0v) is 14.0. The zero-order chi connectivity index (χ0) is 16.6. The van der Waals surface area contributed by atoms with Gasteiger partial charge in [-0.05, 0) is 19.1 Å². The molecule has 1 atom stereocenters. The Morgan fingerprint density at radius 1 is 1.09 bits per heavy atom. The number of piperazine rings is 1. The molecule has 0 unspecified atom stereocenters. The SMILES string of the molecule is CC(=O)N1CCN(C(=O)[C@H](C)n2c(=O)sc3ccccc32)CC1. The van der Waals surface area contributed by atoms with Crippen LogP contribution < -0.4 is 4.87 Å². The van der Waals surface area contributed by atoms with Crippen molar-refractivity contribution in [2.24, 2.45) is 0 Å². The summed E-state index contributed by atoms with van der Waals surface area (Å²) < 4.78 is 2.46. The molecule has 1 aliphatic rings. The molecule has 2 amide bonds. The molecule has 1 saturated heterocycles. The summed E-state index contributed by atoms with van der Waals surface area (Å²) in [5.41, 5.74) is 0.797. The quantitative estimate of drug-likeness (QED) is 0.832. The summed E-state index contributed by atoms with van der Waals surface area (Å²) in [6, 6.07) is 6.97. The van der Waals surface area contributed by atoms with E-state index in [1.165, 1.54) is 6.92 Å². The lowest BCUT2D eigenvalue weighted by Gasteiger charge is -2.35. The van der Waals surface area contributed by atoms with E-state index in [4.69, 9.17) is 0 Å². The van der Waals surface area contributed by atoms with Crippen molar-refractivity contribution in [1.82, 2.24) is 14.4 Å². The van der Waals surface area contributed by atoms with Crippen molar-refractivity contribution in [3.63, 3.8) is 0 Å². The molecular weight excluding hydrogens is 314 g/mol. The fourth-order valence-electron chi connectivity index (χ4n) is 2.97. The number of hydrogen-bond donors (Lipinski definition) is 0. The van der Waals surface area contributed by atoms with Crippen LogP contribution in [0.2, 0.25) is 0 Å². The van der Waals surface area contributed by atoms with Crippen LogP contribution in [0.1, 0.15) is 19.9 Å². The van der Waals surface area contributed by atoms with Gasteiger partial charge in [-0.3, -0.25) is 19.0 Å². The lowest BCUT2D eigenvalue weighted by Crippen LogP contribution is -2.51. The summed E-state index contributed by atoms with van der Waals surface area (Å²) >= 11 is 1.16. The van der Waals surface area contributed by atoms with Crippen LogP contribution in [0.3, 0.4) is 0 Å². The topological polar surface area (TPSA) is 62.6 Å². The van der Waals surface area contributed by atoms with Gasteiger partial charge in [0.05, 0.1) is 10.2 Å². The second-order valence-corrected chi connectivity index (χ2v) is 6.71. The van der Waals surface area contributed by atoms with Crippen LogP contribution in [0, 0.1) is 0 Å². The average Bonchev–Trinajstić information content (AvgIpc) is 2.89. The number of rotatable bonds is 2. The molecule has 2 heterocycles. The second kappa shape index (κ2) is 6.16. The fraction of sp³-hybridized carbons (Fsp3) is 0.438. The minimum atomic E-state index is -0.539. The Morgan fingerprint density at radius 3 is 2.35 bits per heavy atom. The van der Waals surface area contributed by atoms with Crippen LogP contribution in [-0.4, -0.2) is 52.4 Å². The second-order valence-electron chi connectivity index (χ2n) is 5.71. The van der Waals surface area contributed by atoms with Crippen LogP contribution in [0.4, 0.5) is 0 Å². The third-order valence-corrected chi connectivity index (χ3v) is 5.24. The first-order valence-electron chi connectivity index (χ1n) is 7.63. The Hall–Kier alpha value is -2.15. The molecule has 1 aromatic carbocycles. The van der Waals surface area contributed by atoms with Gasteiger partial charge in [-0.2, -0.15) is 0 Å². The minimum Gasteiger partial charge on any atom is -0.339 e. The van der Waals surface area contributed by atoms with E-state index in [-0.39, 0.29) is 16.7 Å². The van der Waals surface area contributed by atoms with E-state index >= 15 is 0 Å². The van der Waals surface area contributed by atoms with Gasteiger partial charge >= 0.3 is 4.87 Å². The lowest BCUT2D eigenvalue weighted by molar-refractivity contribution is -0.140. The number of carbonyl (C=O) groups is 2. The van der Waals surface area contributed by atoms with Crippen molar-refractivity contribution in [3.8, 4) is 0 Å². The normalized spacial score (nSPS) is 16.6. The number of thiazole rings is 1. The molecule has 1 aromatic heterocycles. The summed E-state index contributed by atoms with van der Waals surface area (Å²) in [7, 11) is 0. The molecule has 1 aliphatic heterocycles. The number of benzene rings is 1. The van der Waals surface area contributed by atoms with Gasteiger partial charge in [-0.15, -0.1) is 0 Å². The summed E-state index contributed by atoms with van der Waals surface area (Å²) in [5.74, 6) is -0.0379. The third-order valence-electron chi connectivity index (χ3n) is 4.30.